The zero-order chi connectivity index (χ0) is 17.6. The molecule has 0 heterocycles. The van der Waals surface area contributed by atoms with E-state index in [0.717, 1.165) is 16.3 Å². The number of hydrogen-bond donors (Lipinski definition) is 2. The van der Waals surface area contributed by atoms with Crippen molar-refractivity contribution in [1.29, 1.82) is 0 Å². The number of rotatable bonds is 4. The highest BCUT2D eigenvalue weighted by atomic mass is 16.2. The van der Waals surface area contributed by atoms with Gasteiger partial charge in [0, 0.05) is 18.0 Å². The molecule has 0 radical (unpaired) electrons. The largest absolute Gasteiger partial charge is 0.322 e. The number of hydrogen-bond acceptors (Lipinski definition) is 2. The van der Waals surface area contributed by atoms with Crippen molar-refractivity contribution in [3.8, 4) is 0 Å². The van der Waals surface area contributed by atoms with E-state index in [1.54, 1.807) is 6.08 Å². The second-order valence-corrected chi connectivity index (χ2v) is 5.63. The number of benzene rings is 3. The van der Waals surface area contributed by atoms with E-state index >= 15 is 0 Å². The maximum atomic E-state index is 12.7. The third kappa shape index (κ3) is 4.12. The van der Waals surface area contributed by atoms with Gasteiger partial charge in [0.1, 0.15) is 5.70 Å². The van der Waals surface area contributed by atoms with Crippen molar-refractivity contribution in [3.63, 3.8) is 0 Å². The monoisotopic (exact) mass is 330 g/mol. The summed E-state index contributed by atoms with van der Waals surface area (Å²) >= 11 is 0. The molecule has 0 bridgehead atoms. The van der Waals surface area contributed by atoms with E-state index in [2.05, 4.69) is 10.6 Å². The molecular formula is C21H18N2O2. The molecule has 3 rings (SSSR count). The van der Waals surface area contributed by atoms with E-state index in [4.69, 9.17) is 0 Å². The van der Waals surface area contributed by atoms with Crippen LogP contribution in [0.25, 0.3) is 16.8 Å². The van der Waals surface area contributed by atoms with Gasteiger partial charge in [0.15, 0.2) is 0 Å². The van der Waals surface area contributed by atoms with Crippen LogP contribution in [-0.4, -0.2) is 11.8 Å². The molecule has 3 aromatic carbocycles. The van der Waals surface area contributed by atoms with E-state index < -0.39 is 0 Å². The minimum atomic E-state index is -0.365. The highest BCUT2D eigenvalue weighted by Crippen LogP contribution is 2.23. The Kier molecular flexibility index (Phi) is 4.90. The van der Waals surface area contributed by atoms with Crippen molar-refractivity contribution in [3.05, 3.63) is 84.1 Å². The van der Waals surface area contributed by atoms with E-state index in [0.29, 0.717) is 5.69 Å². The Morgan fingerprint density at radius 1 is 0.840 bits per heavy atom. The quantitative estimate of drug-likeness (QED) is 0.712. The summed E-state index contributed by atoms with van der Waals surface area (Å²) in [4.78, 5) is 24.2. The van der Waals surface area contributed by atoms with Crippen molar-refractivity contribution < 1.29 is 9.59 Å². The predicted molar refractivity (Wildman–Crippen MR) is 101 cm³/mol. The molecule has 0 aromatic heterocycles. The Hall–Kier alpha value is -3.40. The summed E-state index contributed by atoms with van der Waals surface area (Å²) in [6.45, 7) is 1.38. The van der Waals surface area contributed by atoms with Gasteiger partial charge in [-0.25, -0.2) is 0 Å². The van der Waals surface area contributed by atoms with Gasteiger partial charge in [-0.15, -0.1) is 0 Å². The van der Waals surface area contributed by atoms with Crippen molar-refractivity contribution >= 4 is 34.4 Å². The van der Waals surface area contributed by atoms with Crippen molar-refractivity contribution in [2.75, 3.05) is 5.32 Å². The van der Waals surface area contributed by atoms with Crippen LogP contribution in [-0.2, 0) is 9.59 Å². The number of amides is 2. The van der Waals surface area contributed by atoms with E-state index in [1.807, 2.05) is 72.8 Å². The lowest BCUT2D eigenvalue weighted by molar-refractivity contribution is -0.120. The minimum Gasteiger partial charge on any atom is -0.322 e. The van der Waals surface area contributed by atoms with Gasteiger partial charge in [-0.2, -0.15) is 0 Å². The van der Waals surface area contributed by atoms with Gasteiger partial charge in [-0.3, -0.25) is 9.59 Å². The Morgan fingerprint density at radius 3 is 2.28 bits per heavy atom. The molecule has 0 saturated carbocycles. The second kappa shape index (κ2) is 7.45. The SMILES string of the molecule is CC(=O)N/C(=C/c1ccccc1)C(=O)Nc1cccc2ccccc12. The molecule has 3 aromatic rings. The summed E-state index contributed by atoms with van der Waals surface area (Å²) in [5, 5.41) is 7.48. The average molecular weight is 330 g/mol. The molecular weight excluding hydrogens is 312 g/mol. The topological polar surface area (TPSA) is 58.2 Å². The third-order valence-electron chi connectivity index (χ3n) is 3.70. The summed E-state index contributed by atoms with van der Waals surface area (Å²) in [5.41, 5.74) is 1.73. The normalized spacial score (nSPS) is 11.2. The molecule has 4 heteroatoms. The predicted octanol–water partition coefficient (Wildman–Crippen LogP) is 3.96. The van der Waals surface area contributed by atoms with Crippen molar-refractivity contribution in [2.45, 2.75) is 6.92 Å². The number of nitrogens with one attached hydrogen (secondary N) is 2. The highest BCUT2D eigenvalue weighted by Gasteiger charge is 2.13. The van der Waals surface area contributed by atoms with Gasteiger partial charge in [-0.1, -0.05) is 66.7 Å². The Bertz CT molecular complexity index is 941. The molecule has 0 aliphatic carbocycles. The van der Waals surface area contributed by atoms with Crippen LogP contribution < -0.4 is 10.6 Å². The van der Waals surface area contributed by atoms with Crippen LogP contribution in [0.2, 0.25) is 0 Å². The average Bonchev–Trinajstić information content (AvgIpc) is 2.62. The molecule has 0 aliphatic heterocycles. The van der Waals surface area contributed by atoms with E-state index in [1.165, 1.54) is 6.92 Å². The van der Waals surface area contributed by atoms with Gasteiger partial charge in [0.2, 0.25) is 5.91 Å². The van der Waals surface area contributed by atoms with Crippen LogP contribution in [0.3, 0.4) is 0 Å². The maximum Gasteiger partial charge on any atom is 0.272 e. The fraction of sp³-hybridized carbons (Fsp3) is 0.0476. The van der Waals surface area contributed by atoms with Gasteiger partial charge in [0.25, 0.3) is 5.91 Å². The van der Waals surface area contributed by atoms with Crippen molar-refractivity contribution in [2.24, 2.45) is 0 Å². The van der Waals surface area contributed by atoms with Crippen LogP contribution in [0.1, 0.15) is 12.5 Å². The Labute approximate surface area is 146 Å². The first kappa shape index (κ1) is 16.5. The molecule has 25 heavy (non-hydrogen) atoms. The molecule has 0 saturated heterocycles. The third-order valence-corrected chi connectivity index (χ3v) is 3.70. The summed E-state index contributed by atoms with van der Waals surface area (Å²) < 4.78 is 0. The molecule has 0 aliphatic rings. The maximum absolute atomic E-state index is 12.7. The number of anilines is 1. The molecule has 4 nitrogen and oxygen atoms in total. The summed E-state index contributed by atoms with van der Waals surface area (Å²) in [6.07, 6.45) is 1.65. The summed E-state index contributed by atoms with van der Waals surface area (Å²) in [5.74, 6) is -0.661. The van der Waals surface area contributed by atoms with Gasteiger partial charge >= 0.3 is 0 Å². The molecule has 0 spiro atoms. The molecule has 0 atom stereocenters. The molecule has 0 unspecified atom stereocenters. The standard InChI is InChI=1S/C21H18N2O2/c1-15(24)22-20(14-16-8-3-2-4-9-16)21(25)23-19-13-7-11-17-10-5-6-12-18(17)19/h2-14H,1H3,(H,22,24)(H,23,25)/b20-14+. The van der Waals surface area contributed by atoms with Gasteiger partial charge < -0.3 is 10.6 Å². The summed E-state index contributed by atoms with van der Waals surface area (Å²) in [7, 11) is 0. The molecule has 2 amide bonds. The Balaban J connectivity index is 1.92. The van der Waals surface area contributed by atoms with Crippen LogP contribution in [0.4, 0.5) is 5.69 Å². The lowest BCUT2D eigenvalue weighted by atomic mass is 10.1. The van der Waals surface area contributed by atoms with Gasteiger partial charge in [-0.05, 0) is 23.1 Å². The smallest absolute Gasteiger partial charge is 0.272 e. The van der Waals surface area contributed by atoms with Gasteiger partial charge in [0.05, 0.1) is 0 Å². The zero-order valence-corrected chi connectivity index (χ0v) is 13.8. The zero-order valence-electron chi connectivity index (χ0n) is 13.8. The minimum absolute atomic E-state index is 0.201. The number of carbonyl (C=O) groups excluding carboxylic acids is 2. The van der Waals surface area contributed by atoms with Crippen LogP contribution in [0, 0.1) is 0 Å². The van der Waals surface area contributed by atoms with Crippen molar-refractivity contribution in [1.82, 2.24) is 5.32 Å². The summed E-state index contributed by atoms with van der Waals surface area (Å²) in [6, 6.07) is 22.9. The Morgan fingerprint density at radius 2 is 1.52 bits per heavy atom. The van der Waals surface area contributed by atoms with Crippen LogP contribution in [0.5, 0.6) is 0 Å². The number of fused-ring (bicyclic) bond motifs is 1. The first-order valence-corrected chi connectivity index (χ1v) is 7.97. The fourth-order valence-electron chi connectivity index (χ4n) is 2.59. The fourth-order valence-corrected chi connectivity index (χ4v) is 2.59. The lowest BCUT2D eigenvalue weighted by Gasteiger charge is -2.12. The molecule has 124 valence electrons. The molecule has 0 fully saturated rings. The lowest BCUT2D eigenvalue weighted by Crippen LogP contribution is -2.29. The highest BCUT2D eigenvalue weighted by molar-refractivity contribution is 6.11. The first-order chi connectivity index (χ1) is 12.1. The van der Waals surface area contributed by atoms with Crippen LogP contribution >= 0.6 is 0 Å². The first-order valence-electron chi connectivity index (χ1n) is 7.97. The van der Waals surface area contributed by atoms with E-state index in [9.17, 15) is 9.59 Å². The van der Waals surface area contributed by atoms with Crippen LogP contribution in [0.15, 0.2) is 78.5 Å². The number of carbonyl (C=O) groups is 2. The molecule has 2 N–H and O–H groups in total. The van der Waals surface area contributed by atoms with E-state index in [-0.39, 0.29) is 17.5 Å². The second-order valence-electron chi connectivity index (χ2n) is 5.63.